The molecule has 0 fully saturated rings. The van der Waals surface area contributed by atoms with E-state index in [4.69, 9.17) is 22.1 Å². The molecule has 2 rings (SSSR count). The van der Waals surface area contributed by atoms with Crippen LogP contribution in [0, 0.1) is 0 Å². The molecule has 0 aliphatic heterocycles. The number of nitrogens with two attached hydrogens (primary N) is 1. The largest absolute Gasteiger partial charge is 0.489 e. The summed E-state index contributed by atoms with van der Waals surface area (Å²) >= 11 is 6.18. The van der Waals surface area contributed by atoms with Gasteiger partial charge in [0.1, 0.15) is 11.4 Å². The third-order valence-electron chi connectivity index (χ3n) is 2.89. The summed E-state index contributed by atoms with van der Waals surface area (Å²) in [4.78, 5) is 11.2. The van der Waals surface area contributed by atoms with Crippen molar-refractivity contribution in [3.8, 4) is 17.0 Å². The number of ether oxygens (including phenoxy) is 1. The van der Waals surface area contributed by atoms with Crippen LogP contribution in [0.5, 0.6) is 5.75 Å². The lowest BCUT2D eigenvalue weighted by molar-refractivity contribution is 0.0996. The molecule has 1 heterocycles. The number of carbonyl (C=O) groups is 1. The number of benzene rings is 1. The number of nitrogens with one attached hydrogen (secondary N) is 1. The van der Waals surface area contributed by atoms with Gasteiger partial charge >= 0.3 is 0 Å². The minimum Gasteiger partial charge on any atom is -0.489 e. The minimum atomic E-state index is -0.648. The lowest BCUT2D eigenvalue weighted by atomic mass is 10.1. The van der Waals surface area contributed by atoms with E-state index in [-0.39, 0.29) is 11.8 Å². The molecule has 1 aromatic heterocycles. The molecule has 0 saturated heterocycles. The Hall–Kier alpha value is -2.08. The van der Waals surface area contributed by atoms with Gasteiger partial charge in [-0.1, -0.05) is 18.5 Å². The molecule has 6 nitrogen and oxygen atoms in total. The lowest BCUT2D eigenvalue weighted by Crippen LogP contribution is -2.13. The highest BCUT2D eigenvalue weighted by molar-refractivity contribution is 6.32. The second-order valence-electron chi connectivity index (χ2n) is 4.37. The van der Waals surface area contributed by atoms with Crippen LogP contribution in [0.15, 0.2) is 18.2 Å². The SMILES string of the molecule is CCC(C)Oc1ccc(-c2n[nH]nc2C(N)=O)cc1Cl. The molecule has 106 valence electrons. The van der Waals surface area contributed by atoms with Crippen molar-refractivity contribution in [3.63, 3.8) is 0 Å². The van der Waals surface area contributed by atoms with Crippen LogP contribution in [0.25, 0.3) is 11.3 Å². The van der Waals surface area contributed by atoms with Crippen molar-refractivity contribution in [1.29, 1.82) is 0 Å². The fourth-order valence-electron chi connectivity index (χ4n) is 1.65. The Kier molecular flexibility index (Phi) is 4.24. The number of amides is 1. The zero-order valence-electron chi connectivity index (χ0n) is 11.2. The predicted octanol–water partition coefficient (Wildman–Crippen LogP) is 2.40. The highest BCUT2D eigenvalue weighted by Crippen LogP contribution is 2.31. The van der Waals surface area contributed by atoms with Crippen LogP contribution in [0.2, 0.25) is 5.02 Å². The number of H-pyrrole nitrogens is 1. The van der Waals surface area contributed by atoms with Gasteiger partial charge in [-0.05, 0) is 31.5 Å². The number of carbonyl (C=O) groups excluding carboxylic acids is 1. The highest BCUT2D eigenvalue weighted by atomic mass is 35.5. The normalized spacial score (nSPS) is 12.2. The Labute approximate surface area is 121 Å². The number of hydrogen-bond donors (Lipinski definition) is 2. The first-order chi connectivity index (χ1) is 9.52. The summed E-state index contributed by atoms with van der Waals surface area (Å²) in [5, 5.41) is 10.5. The summed E-state index contributed by atoms with van der Waals surface area (Å²) in [6.45, 7) is 3.99. The van der Waals surface area contributed by atoms with Crippen molar-refractivity contribution in [2.75, 3.05) is 0 Å². The van der Waals surface area contributed by atoms with Crippen LogP contribution >= 0.6 is 11.6 Å². The molecule has 0 saturated carbocycles. The van der Waals surface area contributed by atoms with Gasteiger partial charge in [0, 0.05) is 5.56 Å². The zero-order chi connectivity index (χ0) is 14.7. The van der Waals surface area contributed by atoms with Crippen LogP contribution in [-0.2, 0) is 0 Å². The second kappa shape index (κ2) is 5.92. The number of halogens is 1. The number of aromatic amines is 1. The lowest BCUT2D eigenvalue weighted by Gasteiger charge is -2.14. The maximum atomic E-state index is 11.2. The van der Waals surface area contributed by atoms with Gasteiger partial charge in [-0.25, -0.2) is 0 Å². The molecule has 1 amide bonds. The van der Waals surface area contributed by atoms with E-state index in [1.54, 1.807) is 18.2 Å². The number of hydrogen-bond acceptors (Lipinski definition) is 4. The fraction of sp³-hybridized carbons (Fsp3) is 0.308. The molecule has 1 unspecified atom stereocenters. The first-order valence-corrected chi connectivity index (χ1v) is 6.57. The van der Waals surface area contributed by atoms with Gasteiger partial charge < -0.3 is 10.5 Å². The zero-order valence-corrected chi connectivity index (χ0v) is 11.9. The van der Waals surface area contributed by atoms with Crippen molar-refractivity contribution in [1.82, 2.24) is 15.4 Å². The van der Waals surface area contributed by atoms with E-state index in [1.165, 1.54) is 0 Å². The summed E-state index contributed by atoms with van der Waals surface area (Å²) < 4.78 is 5.68. The number of primary amides is 1. The van der Waals surface area contributed by atoms with Gasteiger partial charge in [-0.2, -0.15) is 15.4 Å². The van der Waals surface area contributed by atoms with E-state index >= 15 is 0 Å². The van der Waals surface area contributed by atoms with Crippen molar-refractivity contribution < 1.29 is 9.53 Å². The standard InChI is InChI=1S/C13H15ClN4O2/c1-3-7(2)20-10-5-4-8(6-9(10)14)11-12(13(15)19)17-18-16-11/h4-7H,3H2,1-2H3,(H2,15,19)(H,16,17,18). The monoisotopic (exact) mass is 294 g/mol. The van der Waals surface area contributed by atoms with E-state index < -0.39 is 5.91 Å². The van der Waals surface area contributed by atoms with Gasteiger partial charge in [0.25, 0.3) is 5.91 Å². The van der Waals surface area contributed by atoms with Crippen molar-refractivity contribution in [3.05, 3.63) is 28.9 Å². The molecule has 0 aliphatic rings. The Balaban J connectivity index is 2.33. The molecule has 3 N–H and O–H groups in total. The summed E-state index contributed by atoms with van der Waals surface area (Å²) in [5.41, 5.74) is 6.33. The average molecular weight is 295 g/mol. The van der Waals surface area contributed by atoms with E-state index in [1.807, 2.05) is 13.8 Å². The molecule has 0 bridgehead atoms. The summed E-state index contributed by atoms with van der Waals surface area (Å²) in [5.74, 6) is -0.0568. The fourth-order valence-corrected chi connectivity index (χ4v) is 1.87. The second-order valence-corrected chi connectivity index (χ2v) is 4.77. The molecule has 0 radical (unpaired) electrons. The molecular weight excluding hydrogens is 280 g/mol. The quantitative estimate of drug-likeness (QED) is 0.885. The van der Waals surface area contributed by atoms with Gasteiger partial charge in [0.2, 0.25) is 0 Å². The summed E-state index contributed by atoms with van der Waals surface area (Å²) in [6.07, 6.45) is 0.958. The first kappa shape index (κ1) is 14.3. The van der Waals surface area contributed by atoms with Crippen LogP contribution in [0.3, 0.4) is 0 Å². The molecule has 2 aromatic rings. The number of nitrogens with zero attached hydrogens (tertiary/aromatic N) is 2. The third kappa shape index (κ3) is 2.91. The average Bonchev–Trinajstić information content (AvgIpc) is 2.90. The van der Waals surface area contributed by atoms with Crippen molar-refractivity contribution in [2.24, 2.45) is 5.73 Å². The topological polar surface area (TPSA) is 93.9 Å². The summed E-state index contributed by atoms with van der Waals surface area (Å²) in [7, 11) is 0. The Morgan fingerprint density at radius 1 is 1.50 bits per heavy atom. The number of rotatable bonds is 5. The first-order valence-electron chi connectivity index (χ1n) is 6.20. The van der Waals surface area contributed by atoms with Gasteiger partial charge in [-0.3, -0.25) is 4.79 Å². The van der Waals surface area contributed by atoms with Crippen LogP contribution < -0.4 is 10.5 Å². The van der Waals surface area contributed by atoms with Gasteiger partial charge in [-0.15, -0.1) is 0 Å². The molecule has 1 aromatic carbocycles. The van der Waals surface area contributed by atoms with Crippen LogP contribution in [0.1, 0.15) is 30.8 Å². The molecule has 1 atom stereocenters. The maximum Gasteiger partial charge on any atom is 0.271 e. The molecule has 0 spiro atoms. The third-order valence-corrected chi connectivity index (χ3v) is 3.19. The molecule has 20 heavy (non-hydrogen) atoms. The van der Waals surface area contributed by atoms with E-state index in [2.05, 4.69) is 15.4 Å². The van der Waals surface area contributed by atoms with Crippen LogP contribution in [0.4, 0.5) is 0 Å². The number of aromatic nitrogens is 3. The van der Waals surface area contributed by atoms with E-state index in [0.29, 0.717) is 22.0 Å². The molecule has 0 aliphatic carbocycles. The van der Waals surface area contributed by atoms with Crippen molar-refractivity contribution >= 4 is 17.5 Å². The Bertz CT molecular complexity index is 627. The molecule has 7 heteroatoms. The molecular formula is C13H15ClN4O2. The van der Waals surface area contributed by atoms with Crippen molar-refractivity contribution in [2.45, 2.75) is 26.4 Å². The smallest absolute Gasteiger partial charge is 0.271 e. The summed E-state index contributed by atoms with van der Waals surface area (Å²) in [6, 6.07) is 5.17. The Morgan fingerprint density at radius 2 is 2.25 bits per heavy atom. The minimum absolute atomic E-state index is 0.0755. The highest BCUT2D eigenvalue weighted by Gasteiger charge is 2.16. The van der Waals surface area contributed by atoms with E-state index in [0.717, 1.165) is 6.42 Å². The maximum absolute atomic E-state index is 11.2. The van der Waals surface area contributed by atoms with Gasteiger partial charge in [0.15, 0.2) is 5.69 Å². The van der Waals surface area contributed by atoms with Crippen LogP contribution in [-0.4, -0.2) is 27.4 Å². The predicted molar refractivity (Wildman–Crippen MR) is 75.7 cm³/mol. The van der Waals surface area contributed by atoms with Gasteiger partial charge in [0.05, 0.1) is 11.1 Å². The Morgan fingerprint density at radius 3 is 2.85 bits per heavy atom. The van der Waals surface area contributed by atoms with E-state index in [9.17, 15) is 4.79 Å².